The van der Waals surface area contributed by atoms with E-state index in [0.29, 0.717) is 39.5 Å². The molecule has 0 saturated heterocycles. The first-order valence-corrected chi connectivity index (χ1v) is 9.63. The molecule has 0 bridgehead atoms. The van der Waals surface area contributed by atoms with E-state index in [-0.39, 0.29) is 5.91 Å². The van der Waals surface area contributed by atoms with Crippen molar-refractivity contribution in [2.45, 2.75) is 0 Å². The minimum atomic E-state index is -0.465. The van der Waals surface area contributed by atoms with E-state index in [9.17, 15) is 9.59 Å². The minimum Gasteiger partial charge on any atom is -0.465 e. The first-order valence-electron chi connectivity index (χ1n) is 9.63. The number of hydrogen-bond donors (Lipinski definition) is 1. The van der Waals surface area contributed by atoms with E-state index < -0.39 is 5.97 Å². The highest BCUT2D eigenvalue weighted by molar-refractivity contribution is 6.20. The lowest BCUT2D eigenvalue weighted by Crippen LogP contribution is -2.31. The van der Waals surface area contributed by atoms with Gasteiger partial charge in [0, 0.05) is 24.0 Å². The number of ether oxygens (including phenoxy) is 1. The second kappa shape index (κ2) is 8.04. The first kappa shape index (κ1) is 19.7. The number of methoxy groups -OCH3 is 1. The summed E-state index contributed by atoms with van der Waals surface area (Å²) in [6.07, 6.45) is 0. The molecule has 4 rings (SSSR count). The molecule has 0 aliphatic carbocycles. The van der Waals surface area contributed by atoms with E-state index in [0.717, 1.165) is 17.6 Å². The molecule has 1 heterocycles. The Labute approximate surface area is 173 Å². The number of carbonyl (C=O) groups is 2. The molecule has 0 aliphatic rings. The number of nitrogens with one attached hydrogen (secondary N) is 1. The highest BCUT2D eigenvalue weighted by Crippen LogP contribution is 2.30. The Morgan fingerprint density at radius 1 is 0.933 bits per heavy atom. The van der Waals surface area contributed by atoms with Crippen LogP contribution >= 0.6 is 0 Å². The number of amides is 1. The highest BCUT2D eigenvalue weighted by Gasteiger charge is 2.20. The number of rotatable bonds is 5. The summed E-state index contributed by atoms with van der Waals surface area (Å²) in [7, 11) is 5.23. The van der Waals surface area contributed by atoms with Crippen LogP contribution in [0.15, 0.2) is 48.5 Å². The van der Waals surface area contributed by atoms with Gasteiger partial charge < -0.3 is 15.0 Å². The van der Waals surface area contributed by atoms with E-state index in [1.165, 1.54) is 7.11 Å². The largest absolute Gasteiger partial charge is 0.465 e. The number of nitrogens with zero attached hydrogens (tertiary/aromatic N) is 3. The Bertz CT molecular complexity index is 1280. The zero-order valence-corrected chi connectivity index (χ0v) is 17.1. The molecule has 0 aliphatic heterocycles. The van der Waals surface area contributed by atoms with Gasteiger partial charge in [-0.15, -0.1) is 0 Å². The van der Waals surface area contributed by atoms with Crippen molar-refractivity contribution in [1.82, 2.24) is 20.2 Å². The molecule has 4 aromatic rings. The third-order valence-corrected chi connectivity index (χ3v) is 4.98. The molecule has 0 saturated carbocycles. The number of carbonyl (C=O) groups excluding carboxylic acids is 2. The molecule has 0 atom stereocenters. The molecule has 3 aromatic carbocycles. The van der Waals surface area contributed by atoms with Gasteiger partial charge in [0.15, 0.2) is 0 Å². The summed E-state index contributed by atoms with van der Waals surface area (Å²) in [6.45, 7) is 1.22. The number of aromatic nitrogens is 2. The van der Waals surface area contributed by atoms with Crippen LogP contribution < -0.4 is 5.32 Å². The van der Waals surface area contributed by atoms with Crippen molar-refractivity contribution in [2.24, 2.45) is 0 Å². The van der Waals surface area contributed by atoms with Gasteiger partial charge >= 0.3 is 5.97 Å². The van der Waals surface area contributed by atoms with Crippen molar-refractivity contribution in [2.75, 3.05) is 34.3 Å². The molecule has 0 spiro atoms. The fourth-order valence-corrected chi connectivity index (χ4v) is 3.49. The monoisotopic (exact) mass is 402 g/mol. The smallest absolute Gasteiger partial charge is 0.338 e. The third-order valence-electron chi connectivity index (χ3n) is 4.98. The van der Waals surface area contributed by atoms with Gasteiger partial charge in [-0.2, -0.15) is 0 Å². The Morgan fingerprint density at radius 3 is 2.33 bits per heavy atom. The number of likely N-dealkylation sites (N-methyl/N-ethyl adjacent to an activating group) is 1. The van der Waals surface area contributed by atoms with E-state index in [1.54, 1.807) is 18.2 Å². The molecule has 30 heavy (non-hydrogen) atoms. The fraction of sp³-hybridized carbons (Fsp3) is 0.217. The molecule has 152 valence electrons. The summed E-state index contributed by atoms with van der Waals surface area (Å²) in [6, 6.07) is 14.4. The van der Waals surface area contributed by atoms with Crippen LogP contribution in [0.3, 0.4) is 0 Å². The summed E-state index contributed by atoms with van der Waals surface area (Å²) in [5.74, 6) is -0.687. The molecule has 0 radical (unpaired) electrons. The van der Waals surface area contributed by atoms with E-state index in [2.05, 4.69) is 5.32 Å². The van der Waals surface area contributed by atoms with Crippen LogP contribution in [0.25, 0.3) is 32.8 Å². The predicted octanol–water partition coefficient (Wildman–Crippen LogP) is 3.01. The molecule has 1 N–H and O–H groups in total. The van der Waals surface area contributed by atoms with E-state index in [1.807, 2.05) is 49.3 Å². The van der Waals surface area contributed by atoms with Gasteiger partial charge in [0.2, 0.25) is 0 Å². The molecule has 7 heteroatoms. The van der Waals surface area contributed by atoms with Crippen molar-refractivity contribution in [3.05, 3.63) is 59.7 Å². The summed E-state index contributed by atoms with van der Waals surface area (Å²) >= 11 is 0. The average Bonchev–Trinajstić information content (AvgIpc) is 2.75. The van der Waals surface area contributed by atoms with Gasteiger partial charge in [0.1, 0.15) is 0 Å². The second-order valence-corrected chi connectivity index (χ2v) is 7.28. The van der Waals surface area contributed by atoms with Crippen molar-refractivity contribution in [3.63, 3.8) is 0 Å². The molecular formula is C23H22N4O3. The summed E-state index contributed by atoms with van der Waals surface area (Å²) < 4.78 is 4.94. The quantitative estimate of drug-likeness (QED) is 0.314. The maximum atomic E-state index is 13.0. The number of esters is 1. The van der Waals surface area contributed by atoms with Gasteiger partial charge in [-0.05, 0) is 49.8 Å². The van der Waals surface area contributed by atoms with Crippen molar-refractivity contribution in [3.8, 4) is 0 Å². The lowest BCUT2D eigenvalue weighted by atomic mass is 9.97. The minimum absolute atomic E-state index is 0.222. The van der Waals surface area contributed by atoms with Crippen LogP contribution in [0.2, 0.25) is 0 Å². The number of fused-ring (bicyclic) bond motifs is 4. The summed E-state index contributed by atoms with van der Waals surface area (Å²) in [4.78, 5) is 36.8. The molecule has 7 nitrogen and oxygen atoms in total. The van der Waals surface area contributed by atoms with Gasteiger partial charge in [-0.25, -0.2) is 14.8 Å². The van der Waals surface area contributed by atoms with Crippen LogP contribution in [-0.4, -0.2) is 61.0 Å². The maximum Gasteiger partial charge on any atom is 0.338 e. The van der Waals surface area contributed by atoms with Crippen LogP contribution in [-0.2, 0) is 4.74 Å². The molecule has 1 amide bonds. The van der Waals surface area contributed by atoms with Crippen LogP contribution in [0, 0.1) is 0 Å². The highest BCUT2D eigenvalue weighted by atomic mass is 16.5. The van der Waals surface area contributed by atoms with Crippen molar-refractivity contribution < 1.29 is 14.3 Å². The van der Waals surface area contributed by atoms with Gasteiger partial charge in [-0.3, -0.25) is 4.79 Å². The molecular weight excluding hydrogens is 380 g/mol. The van der Waals surface area contributed by atoms with Gasteiger partial charge in [-0.1, -0.05) is 18.2 Å². The number of benzene rings is 3. The lowest BCUT2D eigenvalue weighted by molar-refractivity contribution is 0.0602. The number of hydrogen-bond acceptors (Lipinski definition) is 6. The maximum absolute atomic E-state index is 13.0. The summed E-state index contributed by atoms with van der Waals surface area (Å²) in [5, 5.41) is 4.15. The Balaban J connectivity index is 1.98. The normalized spacial score (nSPS) is 11.3. The van der Waals surface area contributed by atoms with E-state index in [4.69, 9.17) is 14.7 Å². The molecule has 0 unspecified atom stereocenters. The third kappa shape index (κ3) is 3.55. The van der Waals surface area contributed by atoms with Crippen LogP contribution in [0.4, 0.5) is 0 Å². The second-order valence-electron chi connectivity index (χ2n) is 7.28. The van der Waals surface area contributed by atoms with E-state index >= 15 is 0 Å². The Morgan fingerprint density at radius 2 is 1.63 bits per heavy atom. The zero-order valence-electron chi connectivity index (χ0n) is 17.1. The molecule has 1 aromatic heterocycles. The topological polar surface area (TPSA) is 84.4 Å². The summed E-state index contributed by atoms with van der Waals surface area (Å²) in [5.41, 5.74) is 3.56. The van der Waals surface area contributed by atoms with Crippen LogP contribution in [0.5, 0.6) is 0 Å². The van der Waals surface area contributed by atoms with Crippen molar-refractivity contribution in [1.29, 1.82) is 0 Å². The Kier molecular flexibility index (Phi) is 5.29. The fourth-order valence-electron chi connectivity index (χ4n) is 3.49. The van der Waals surface area contributed by atoms with Crippen LogP contribution in [0.1, 0.15) is 20.7 Å². The molecule has 0 fully saturated rings. The predicted molar refractivity (Wildman–Crippen MR) is 117 cm³/mol. The van der Waals surface area contributed by atoms with Gasteiger partial charge in [0.05, 0.1) is 34.7 Å². The van der Waals surface area contributed by atoms with Crippen molar-refractivity contribution >= 4 is 44.7 Å². The SMILES string of the molecule is COC(=O)c1ccc(C(=O)NCCN(C)C)c2c1ccc1nc3ccccc3nc12. The Hall–Kier alpha value is -3.58. The van der Waals surface area contributed by atoms with Gasteiger partial charge in [0.25, 0.3) is 5.91 Å². The zero-order chi connectivity index (χ0) is 21.3. The number of para-hydroxylation sites is 2. The lowest BCUT2D eigenvalue weighted by Gasteiger charge is -2.14. The first-order chi connectivity index (χ1) is 14.5. The standard InChI is InChI=1S/C23H22N4O3/c1-27(2)13-12-24-22(28)16-9-8-15(23(29)30-3)14-10-11-19-21(20(14)16)26-18-7-5-4-6-17(18)25-19/h4-11H,12-13H2,1-3H3,(H,24,28). The average molecular weight is 402 g/mol.